The first-order valence-electron chi connectivity index (χ1n) is 5.69. The molecule has 9 nitrogen and oxygen atoms in total. The number of hydrogen-bond acceptors (Lipinski definition) is 7. The van der Waals surface area contributed by atoms with Crippen molar-refractivity contribution in [2.75, 3.05) is 7.05 Å². The van der Waals surface area contributed by atoms with E-state index in [9.17, 15) is 13.2 Å². The first-order chi connectivity index (χ1) is 9.65. The van der Waals surface area contributed by atoms with Crippen molar-refractivity contribution < 1.29 is 17.5 Å². The molecule has 1 aromatic heterocycles. The Hall–Kier alpha value is -1.94. The lowest BCUT2D eigenvalue weighted by molar-refractivity contribution is -0.122. The molecular weight excluding hydrogens is 322 g/mol. The van der Waals surface area contributed by atoms with Gasteiger partial charge in [0.1, 0.15) is 5.15 Å². The molecule has 114 valence electrons. The summed E-state index contributed by atoms with van der Waals surface area (Å²) in [7, 11) is -1.37. The van der Waals surface area contributed by atoms with E-state index in [0.29, 0.717) is 0 Å². The lowest BCUT2D eigenvalue weighted by Gasteiger charge is -2.02. The molecule has 1 aromatic rings. The Bertz CT molecular complexity index is 780. The van der Waals surface area contributed by atoms with Crippen molar-refractivity contribution >= 4 is 39.0 Å². The maximum absolute atomic E-state index is 12.1. The fourth-order valence-corrected chi connectivity index (χ4v) is 3.20. The monoisotopic (exact) mass is 333 g/mol. The van der Waals surface area contributed by atoms with Crippen molar-refractivity contribution in [3.05, 3.63) is 10.8 Å². The molecule has 11 heteroatoms. The summed E-state index contributed by atoms with van der Waals surface area (Å²) in [5.41, 5.74) is 0.244. The van der Waals surface area contributed by atoms with Gasteiger partial charge in [0.05, 0.1) is 11.4 Å². The van der Waals surface area contributed by atoms with Gasteiger partial charge in [-0.05, 0) is 13.8 Å². The Morgan fingerprint density at radius 1 is 1.29 bits per heavy atom. The quantitative estimate of drug-likeness (QED) is 0.739. The van der Waals surface area contributed by atoms with Crippen molar-refractivity contribution in [2.45, 2.75) is 18.7 Å². The lowest BCUT2D eigenvalue weighted by atomic mass is 10.3. The number of aromatic nitrogens is 2. The van der Waals surface area contributed by atoms with Gasteiger partial charge in [0.15, 0.2) is 10.6 Å². The molecule has 0 saturated heterocycles. The highest BCUT2D eigenvalue weighted by molar-refractivity contribution is 7.87. The summed E-state index contributed by atoms with van der Waals surface area (Å²) in [6.45, 7) is 2.98. The molecule has 0 fully saturated rings. The predicted octanol–water partition coefficient (Wildman–Crippen LogP) is 0.291. The van der Waals surface area contributed by atoms with E-state index in [0.717, 1.165) is 5.01 Å². The zero-order chi connectivity index (χ0) is 15.9. The molecule has 2 rings (SSSR count). The summed E-state index contributed by atoms with van der Waals surface area (Å²) >= 11 is 5.87. The van der Waals surface area contributed by atoms with E-state index in [1.165, 1.54) is 32.6 Å². The number of carbonyl (C=O) groups excluding carboxylic acids is 1. The van der Waals surface area contributed by atoms with E-state index < -0.39 is 16.0 Å². The topological polar surface area (TPSA) is 106 Å². The van der Waals surface area contributed by atoms with Gasteiger partial charge >= 0.3 is 10.1 Å². The average molecular weight is 334 g/mol. The largest absolute Gasteiger partial charge is 0.363 e. The molecule has 0 unspecified atom stereocenters. The second kappa shape index (κ2) is 5.11. The zero-order valence-corrected chi connectivity index (χ0v) is 13.2. The van der Waals surface area contributed by atoms with Crippen LogP contribution in [0.3, 0.4) is 0 Å². The van der Waals surface area contributed by atoms with Crippen LogP contribution < -0.4 is 0 Å². The van der Waals surface area contributed by atoms with Crippen molar-refractivity contribution in [3.8, 4) is 0 Å². The summed E-state index contributed by atoms with van der Waals surface area (Å²) < 4.78 is 30.0. The smallest absolute Gasteiger partial charge is 0.265 e. The molecule has 1 amide bonds. The predicted molar refractivity (Wildman–Crippen MR) is 74.5 cm³/mol. The van der Waals surface area contributed by atoms with Crippen LogP contribution in [-0.2, 0) is 26.2 Å². The molecule has 2 heterocycles. The Labute approximate surface area is 125 Å². The first-order valence-corrected chi connectivity index (χ1v) is 7.48. The fraction of sp³-hybridized carbons (Fsp3) is 0.400. The van der Waals surface area contributed by atoms with Crippen LogP contribution in [0, 0.1) is 6.92 Å². The summed E-state index contributed by atoms with van der Waals surface area (Å²) in [6.07, 6.45) is 0. The van der Waals surface area contributed by atoms with Crippen LogP contribution in [0.4, 0.5) is 0 Å². The number of aryl methyl sites for hydroxylation is 2. The zero-order valence-electron chi connectivity index (χ0n) is 11.7. The number of hydrazone groups is 1. The third kappa shape index (κ3) is 2.63. The van der Waals surface area contributed by atoms with Crippen molar-refractivity contribution in [3.63, 3.8) is 0 Å². The molecule has 0 aliphatic carbocycles. The Morgan fingerprint density at radius 2 is 1.90 bits per heavy atom. The number of rotatable bonds is 3. The molecule has 0 bridgehead atoms. The van der Waals surface area contributed by atoms with Gasteiger partial charge in [-0.2, -0.15) is 18.6 Å². The van der Waals surface area contributed by atoms with E-state index in [4.69, 9.17) is 11.6 Å². The lowest BCUT2D eigenvalue weighted by Crippen LogP contribution is -2.24. The van der Waals surface area contributed by atoms with Crippen LogP contribution in [0.25, 0.3) is 0 Å². The van der Waals surface area contributed by atoms with Gasteiger partial charge in [0.2, 0.25) is 0 Å². The minimum Gasteiger partial charge on any atom is -0.265 e. The Morgan fingerprint density at radius 3 is 2.33 bits per heavy atom. The first kappa shape index (κ1) is 15.4. The number of nitrogens with zero attached hydrogens (tertiary/aromatic N) is 5. The summed E-state index contributed by atoms with van der Waals surface area (Å²) in [5.74, 6) is -0.559. The molecule has 21 heavy (non-hydrogen) atoms. The van der Waals surface area contributed by atoms with Crippen molar-refractivity contribution in [1.29, 1.82) is 0 Å². The van der Waals surface area contributed by atoms with E-state index in [-0.39, 0.29) is 27.2 Å². The fourth-order valence-electron chi connectivity index (χ4n) is 1.75. The molecule has 0 N–H and O–H groups in total. The second-order valence-electron chi connectivity index (χ2n) is 4.31. The normalized spacial score (nSPS) is 17.6. The molecule has 0 radical (unpaired) electrons. The highest BCUT2D eigenvalue weighted by Crippen LogP contribution is 2.26. The highest BCUT2D eigenvalue weighted by atomic mass is 35.5. The molecule has 0 saturated carbocycles. The van der Waals surface area contributed by atoms with E-state index in [2.05, 4.69) is 19.6 Å². The van der Waals surface area contributed by atoms with Crippen LogP contribution in [0.5, 0.6) is 0 Å². The van der Waals surface area contributed by atoms with Gasteiger partial charge < -0.3 is 0 Å². The minimum atomic E-state index is -4.28. The van der Waals surface area contributed by atoms with Crippen LogP contribution in [-0.4, -0.2) is 47.6 Å². The van der Waals surface area contributed by atoms with E-state index in [1.807, 2.05) is 0 Å². The molecular formula is C10H12ClN5O4S. The van der Waals surface area contributed by atoms with Gasteiger partial charge in [-0.15, -0.1) is 0 Å². The minimum absolute atomic E-state index is 0.104. The van der Waals surface area contributed by atoms with Crippen LogP contribution in [0.1, 0.15) is 12.6 Å². The summed E-state index contributed by atoms with van der Waals surface area (Å²) in [4.78, 5) is 11.4. The number of halogens is 1. The standard InChI is InChI=1S/C10H12ClN5O4S/c1-5-7(10(17)16(4)12-5)14-20-21(18,19)8-6(2)13-15(3)9(8)11/h1-4H3. The maximum atomic E-state index is 12.1. The molecule has 0 spiro atoms. The summed E-state index contributed by atoms with van der Waals surface area (Å²) in [5, 5.41) is 12.0. The van der Waals surface area contributed by atoms with Crippen molar-refractivity contribution in [1.82, 2.24) is 14.8 Å². The molecule has 0 atom stereocenters. The van der Waals surface area contributed by atoms with Crippen LogP contribution >= 0.6 is 11.6 Å². The summed E-state index contributed by atoms with van der Waals surface area (Å²) in [6, 6.07) is 0. The van der Waals surface area contributed by atoms with Crippen molar-refractivity contribution in [2.24, 2.45) is 17.3 Å². The van der Waals surface area contributed by atoms with Gasteiger partial charge in [-0.3, -0.25) is 13.8 Å². The number of oxime groups is 1. The van der Waals surface area contributed by atoms with E-state index in [1.54, 1.807) is 0 Å². The van der Waals surface area contributed by atoms with Gasteiger partial charge in [0, 0.05) is 14.1 Å². The number of amides is 1. The van der Waals surface area contributed by atoms with Gasteiger partial charge in [-0.25, -0.2) is 5.01 Å². The van der Waals surface area contributed by atoms with Crippen LogP contribution in [0.2, 0.25) is 5.15 Å². The van der Waals surface area contributed by atoms with Gasteiger partial charge in [0.25, 0.3) is 5.91 Å². The number of carbonyl (C=O) groups is 1. The SMILES string of the molecule is CC1=NN(C)C(=O)C1=NOS(=O)(=O)c1c(C)nn(C)c1Cl. The second-order valence-corrected chi connectivity index (χ2v) is 6.14. The molecule has 1 aliphatic heterocycles. The molecule has 0 aromatic carbocycles. The van der Waals surface area contributed by atoms with Crippen LogP contribution in [0.15, 0.2) is 15.2 Å². The maximum Gasteiger partial charge on any atom is 0.363 e. The third-order valence-corrected chi connectivity index (χ3v) is 4.52. The highest BCUT2D eigenvalue weighted by Gasteiger charge is 2.31. The average Bonchev–Trinajstić information content (AvgIpc) is 2.75. The number of hydrogen-bond donors (Lipinski definition) is 0. The third-order valence-electron chi connectivity index (χ3n) is 2.72. The Balaban J connectivity index is 2.36. The van der Waals surface area contributed by atoms with E-state index >= 15 is 0 Å². The molecule has 1 aliphatic rings. The van der Waals surface area contributed by atoms with Gasteiger partial charge in [-0.1, -0.05) is 16.8 Å². The Kier molecular flexibility index (Phi) is 3.76.